The van der Waals surface area contributed by atoms with Gasteiger partial charge in [0.2, 0.25) is 5.91 Å². The highest BCUT2D eigenvalue weighted by atomic mass is 35.5. The van der Waals surface area contributed by atoms with Crippen LogP contribution in [0, 0.1) is 0 Å². The van der Waals surface area contributed by atoms with E-state index in [0.29, 0.717) is 23.9 Å². The first-order chi connectivity index (χ1) is 10.3. The number of halogens is 1. The molecule has 2 rings (SSSR count). The molecule has 0 bridgehead atoms. The summed E-state index contributed by atoms with van der Waals surface area (Å²) in [4.78, 5) is 11.6. The highest BCUT2D eigenvalue weighted by Crippen LogP contribution is 2.22. The largest absolute Gasteiger partial charge is 0.490 e. The molecular formula is C17H16ClNO2. The number of hydrogen-bond donors (Lipinski definition) is 1. The van der Waals surface area contributed by atoms with Crippen molar-refractivity contribution in [2.75, 3.05) is 13.2 Å². The lowest BCUT2D eigenvalue weighted by molar-refractivity contribution is -0.116. The van der Waals surface area contributed by atoms with E-state index in [9.17, 15) is 4.79 Å². The lowest BCUT2D eigenvalue weighted by atomic mass is 10.2. The van der Waals surface area contributed by atoms with Gasteiger partial charge >= 0.3 is 0 Å². The van der Waals surface area contributed by atoms with Crippen LogP contribution >= 0.6 is 11.6 Å². The minimum atomic E-state index is -0.151. The van der Waals surface area contributed by atoms with Gasteiger partial charge in [-0.05, 0) is 23.8 Å². The van der Waals surface area contributed by atoms with E-state index in [1.54, 1.807) is 18.2 Å². The van der Waals surface area contributed by atoms with E-state index in [-0.39, 0.29) is 5.91 Å². The van der Waals surface area contributed by atoms with Gasteiger partial charge in [0.15, 0.2) is 0 Å². The van der Waals surface area contributed by atoms with Crippen LogP contribution < -0.4 is 10.1 Å². The Bertz CT molecular complexity index is 611. The fraction of sp³-hybridized carbons (Fsp3) is 0.118. The highest BCUT2D eigenvalue weighted by molar-refractivity contribution is 6.32. The standard InChI is InChI=1S/C17H16ClNO2/c18-15-8-4-5-9-16(15)21-13-12-19-17(20)11-10-14-6-2-1-3-7-14/h1-11H,12-13H2,(H,19,20)/b11-10+. The summed E-state index contributed by atoms with van der Waals surface area (Å²) in [6.07, 6.45) is 3.27. The zero-order valence-corrected chi connectivity index (χ0v) is 12.2. The number of amides is 1. The lowest BCUT2D eigenvalue weighted by Gasteiger charge is -2.07. The molecule has 2 aromatic rings. The number of para-hydroxylation sites is 1. The van der Waals surface area contributed by atoms with Crippen molar-refractivity contribution in [1.82, 2.24) is 5.32 Å². The van der Waals surface area contributed by atoms with Crippen LogP contribution in [0.4, 0.5) is 0 Å². The van der Waals surface area contributed by atoms with E-state index >= 15 is 0 Å². The molecule has 1 amide bonds. The topological polar surface area (TPSA) is 38.3 Å². The summed E-state index contributed by atoms with van der Waals surface area (Å²) in [6, 6.07) is 16.9. The summed E-state index contributed by atoms with van der Waals surface area (Å²) in [5, 5.41) is 3.31. The second-order valence-corrected chi connectivity index (χ2v) is 4.72. The number of hydrogen-bond acceptors (Lipinski definition) is 2. The molecule has 0 aliphatic heterocycles. The Morgan fingerprint density at radius 3 is 2.57 bits per heavy atom. The quantitative estimate of drug-likeness (QED) is 0.654. The third-order valence-electron chi connectivity index (χ3n) is 2.72. The van der Waals surface area contributed by atoms with Gasteiger partial charge in [-0.3, -0.25) is 4.79 Å². The van der Waals surface area contributed by atoms with Crippen molar-refractivity contribution in [3.63, 3.8) is 0 Å². The third-order valence-corrected chi connectivity index (χ3v) is 3.03. The number of ether oxygens (including phenoxy) is 1. The van der Waals surface area contributed by atoms with Crippen molar-refractivity contribution >= 4 is 23.6 Å². The van der Waals surface area contributed by atoms with Gasteiger partial charge < -0.3 is 10.1 Å². The van der Waals surface area contributed by atoms with Crippen LogP contribution in [0.25, 0.3) is 6.08 Å². The second-order valence-electron chi connectivity index (χ2n) is 4.31. The van der Waals surface area contributed by atoms with Crippen LogP contribution in [-0.2, 0) is 4.79 Å². The van der Waals surface area contributed by atoms with Gasteiger partial charge in [0.25, 0.3) is 0 Å². The van der Waals surface area contributed by atoms with Crippen molar-refractivity contribution < 1.29 is 9.53 Å². The maximum absolute atomic E-state index is 11.6. The van der Waals surface area contributed by atoms with Gasteiger partial charge in [-0.2, -0.15) is 0 Å². The number of rotatable bonds is 6. The van der Waals surface area contributed by atoms with Crippen molar-refractivity contribution in [1.29, 1.82) is 0 Å². The van der Waals surface area contributed by atoms with E-state index in [1.807, 2.05) is 42.5 Å². The van der Waals surface area contributed by atoms with Crippen LogP contribution in [0.2, 0.25) is 5.02 Å². The van der Waals surface area contributed by atoms with Crippen molar-refractivity contribution in [3.05, 3.63) is 71.3 Å². The first-order valence-electron chi connectivity index (χ1n) is 6.64. The Labute approximate surface area is 129 Å². The summed E-state index contributed by atoms with van der Waals surface area (Å²) in [5.41, 5.74) is 0.986. The van der Waals surface area contributed by atoms with E-state index in [2.05, 4.69) is 5.32 Å². The summed E-state index contributed by atoms with van der Waals surface area (Å²) in [6.45, 7) is 0.790. The molecule has 0 fully saturated rings. The number of carbonyl (C=O) groups is 1. The highest BCUT2D eigenvalue weighted by Gasteiger charge is 2.00. The summed E-state index contributed by atoms with van der Waals surface area (Å²) in [5.74, 6) is 0.467. The molecule has 1 N–H and O–H groups in total. The Morgan fingerprint density at radius 2 is 1.81 bits per heavy atom. The fourth-order valence-corrected chi connectivity index (χ4v) is 1.88. The molecule has 0 unspecified atom stereocenters. The number of nitrogens with one attached hydrogen (secondary N) is 1. The van der Waals surface area contributed by atoms with E-state index in [4.69, 9.17) is 16.3 Å². The van der Waals surface area contributed by atoms with Crippen molar-refractivity contribution in [2.45, 2.75) is 0 Å². The summed E-state index contributed by atoms with van der Waals surface area (Å²) >= 11 is 5.96. The molecule has 0 saturated heterocycles. The molecule has 3 nitrogen and oxygen atoms in total. The van der Waals surface area contributed by atoms with Gasteiger partial charge in [-0.15, -0.1) is 0 Å². The van der Waals surface area contributed by atoms with Crippen molar-refractivity contribution in [3.8, 4) is 5.75 Å². The zero-order valence-electron chi connectivity index (χ0n) is 11.5. The maximum Gasteiger partial charge on any atom is 0.244 e. The summed E-state index contributed by atoms with van der Waals surface area (Å²) in [7, 11) is 0. The third kappa shape index (κ3) is 5.32. The van der Waals surface area contributed by atoms with Crippen LogP contribution in [0.3, 0.4) is 0 Å². The average molecular weight is 302 g/mol. The minimum absolute atomic E-state index is 0.151. The maximum atomic E-state index is 11.6. The predicted octanol–water partition coefficient (Wildman–Crippen LogP) is 3.55. The average Bonchev–Trinajstić information content (AvgIpc) is 2.52. The normalized spacial score (nSPS) is 10.5. The molecule has 108 valence electrons. The van der Waals surface area contributed by atoms with E-state index in [0.717, 1.165) is 5.56 Å². The molecule has 0 spiro atoms. The van der Waals surface area contributed by atoms with E-state index < -0.39 is 0 Å². The molecule has 4 heteroatoms. The van der Waals surface area contributed by atoms with Gasteiger partial charge in [-0.25, -0.2) is 0 Å². The zero-order chi connectivity index (χ0) is 14.9. The molecule has 0 aromatic heterocycles. The van der Waals surface area contributed by atoms with Crippen LogP contribution in [-0.4, -0.2) is 19.1 Å². The van der Waals surface area contributed by atoms with E-state index in [1.165, 1.54) is 6.08 Å². The molecule has 21 heavy (non-hydrogen) atoms. The van der Waals surface area contributed by atoms with Crippen LogP contribution in [0.1, 0.15) is 5.56 Å². The summed E-state index contributed by atoms with van der Waals surface area (Å²) < 4.78 is 5.48. The molecule has 0 radical (unpaired) electrons. The lowest BCUT2D eigenvalue weighted by Crippen LogP contribution is -2.26. The van der Waals surface area contributed by atoms with Gasteiger partial charge in [0, 0.05) is 6.08 Å². The van der Waals surface area contributed by atoms with Crippen LogP contribution in [0.15, 0.2) is 60.7 Å². The number of benzene rings is 2. The Kier molecular flexibility index (Phi) is 5.85. The Morgan fingerprint density at radius 1 is 1.10 bits per heavy atom. The van der Waals surface area contributed by atoms with Crippen LogP contribution in [0.5, 0.6) is 5.75 Å². The molecule has 2 aromatic carbocycles. The molecular weight excluding hydrogens is 286 g/mol. The van der Waals surface area contributed by atoms with Gasteiger partial charge in [0.1, 0.15) is 12.4 Å². The van der Waals surface area contributed by atoms with Gasteiger partial charge in [-0.1, -0.05) is 54.1 Å². The predicted molar refractivity (Wildman–Crippen MR) is 85.4 cm³/mol. The first-order valence-corrected chi connectivity index (χ1v) is 7.02. The Hall–Kier alpha value is -2.26. The SMILES string of the molecule is O=C(/C=C/c1ccccc1)NCCOc1ccccc1Cl. The smallest absolute Gasteiger partial charge is 0.244 e. The molecule has 0 aliphatic carbocycles. The van der Waals surface area contributed by atoms with Crippen molar-refractivity contribution in [2.24, 2.45) is 0 Å². The monoisotopic (exact) mass is 301 g/mol. The molecule has 0 atom stereocenters. The first kappa shape index (κ1) is 15.1. The molecule has 0 aliphatic rings. The van der Waals surface area contributed by atoms with Gasteiger partial charge in [0.05, 0.1) is 11.6 Å². The second kappa shape index (κ2) is 8.12. The molecule has 0 heterocycles. The molecule has 0 saturated carbocycles. The number of carbonyl (C=O) groups excluding carboxylic acids is 1. The fourth-order valence-electron chi connectivity index (χ4n) is 1.69. The Balaban J connectivity index is 1.70. The minimum Gasteiger partial charge on any atom is -0.490 e.